The number of fused-ring (bicyclic) bond motifs is 12. The van der Waals surface area contributed by atoms with Crippen molar-refractivity contribution < 1.29 is 157 Å². The van der Waals surface area contributed by atoms with E-state index in [1.54, 1.807) is 20.8 Å². The van der Waals surface area contributed by atoms with Gasteiger partial charge in [-0.3, -0.25) is 33.6 Å². The van der Waals surface area contributed by atoms with E-state index < -0.39 is 53.4 Å². The number of Topliss-reactive ketones (excluding diaryl/α,β-unsaturated/α-hetero) is 2. The van der Waals surface area contributed by atoms with Crippen LogP contribution in [0.2, 0.25) is 0 Å². The average Bonchev–Trinajstić information content (AvgIpc) is 1.63. The molecule has 35 nitrogen and oxygen atoms in total. The van der Waals surface area contributed by atoms with Crippen LogP contribution in [0.4, 0.5) is 4.79 Å². The topological polar surface area (TPSA) is 434 Å². The summed E-state index contributed by atoms with van der Waals surface area (Å²) in [6.45, 7) is 11.9. The highest BCUT2D eigenvalue weighted by Gasteiger charge is 2.36. The quantitative estimate of drug-likeness (QED) is 0.0181. The molecule has 12 rings (SSSR count). The van der Waals surface area contributed by atoms with E-state index in [1.807, 2.05) is 109 Å². The Kier molecular flexibility index (Phi) is 54.4. The molecule has 35 heteroatoms. The highest BCUT2D eigenvalue weighted by Crippen LogP contribution is 2.49. The molecule has 4 aliphatic rings. The number of benzene rings is 8. The lowest BCUT2D eigenvalue weighted by Crippen LogP contribution is -2.32. The lowest BCUT2D eigenvalue weighted by molar-refractivity contribution is -0.164. The second-order valence-corrected chi connectivity index (χ2v) is 35.4. The number of ether oxygens (including phenoxy) is 20. The number of aliphatic carboxylic acids is 1. The molecule has 0 aromatic heterocycles. The molecule has 0 heterocycles. The molecule has 0 bridgehead atoms. The molecular formula is C113H140N2O33. The van der Waals surface area contributed by atoms with Gasteiger partial charge in [0, 0.05) is 95.3 Å². The molecule has 148 heavy (non-hydrogen) atoms. The Morgan fingerprint density at radius 3 is 0.838 bits per heavy atom. The third-order valence-corrected chi connectivity index (χ3v) is 23.6. The van der Waals surface area contributed by atoms with E-state index in [1.165, 1.54) is 88.1 Å². The van der Waals surface area contributed by atoms with Crippen LogP contribution in [0.25, 0.3) is 44.5 Å². The molecule has 0 unspecified atom stereocenters. The number of carbonyl (C=O) groups is 12. The maximum absolute atomic E-state index is 13.0. The monoisotopic (exact) mass is 2050 g/mol. The van der Waals surface area contributed by atoms with Gasteiger partial charge in [-0.2, -0.15) is 0 Å². The molecule has 4 aliphatic carbocycles. The molecule has 0 saturated carbocycles. The maximum Gasteiger partial charge on any atom is 0.407 e. The first-order chi connectivity index (χ1) is 71.9. The van der Waals surface area contributed by atoms with Gasteiger partial charge >= 0.3 is 53.8 Å². The van der Waals surface area contributed by atoms with Gasteiger partial charge in [-0.25, -0.2) is 24.0 Å². The number of alkyl carbamates (subject to hydrolysis) is 1. The van der Waals surface area contributed by atoms with Gasteiger partial charge in [0.15, 0.2) is 11.6 Å². The van der Waals surface area contributed by atoms with Crippen molar-refractivity contribution in [3.05, 3.63) is 239 Å². The van der Waals surface area contributed by atoms with Crippen molar-refractivity contribution in [1.82, 2.24) is 10.6 Å². The van der Waals surface area contributed by atoms with Crippen molar-refractivity contribution in [2.75, 3.05) is 219 Å². The molecule has 3 N–H and O–H groups in total. The number of carboxylic acid groups (broad SMARTS) is 1. The van der Waals surface area contributed by atoms with Crippen LogP contribution in [0.5, 0.6) is 0 Å². The van der Waals surface area contributed by atoms with E-state index in [0.717, 1.165) is 22.3 Å². The van der Waals surface area contributed by atoms with Crippen LogP contribution in [-0.2, 0) is 147 Å². The molecule has 0 spiro atoms. The van der Waals surface area contributed by atoms with Crippen LogP contribution < -0.4 is 10.6 Å². The minimum atomic E-state index is -1.00. The number of carboxylic acids is 1. The summed E-state index contributed by atoms with van der Waals surface area (Å²) >= 11 is 0. The lowest BCUT2D eigenvalue weighted by atomic mass is 9.97. The Balaban J connectivity index is 0.000000226. The zero-order chi connectivity index (χ0) is 106. The number of ketones is 2. The molecule has 8 aromatic carbocycles. The van der Waals surface area contributed by atoms with Crippen molar-refractivity contribution in [2.45, 2.75) is 121 Å². The fourth-order valence-corrected chi connectivity index (χ4v) is 16.5. The van der Waals surface area contributed by atoms with Gasteiger partial charge in [0.1, 0.15) is 71.7 Å². The maximum atomic E-state index is 13.0. The molecule has 0 radical (unpaired) electrons. The van der Waals surface area contributed by atoms with Crippen LogP contribution >= 0.6 is 0 Å². The van der Waals surface area contributed by atoms with Gasteiger partial charge in [-0.1, -0.05) is 194 Å². The van der Waals surface area contributed by atoms with Crippen LogP contribution in [0, 0.1) is 5.92 Å². The number of rotatable bonds is 66. The average molecular weight is 2050 g/mol. The van der Waals surface area contributed by atoms with Crippen molar-refractivity contribution in [3.63, 3.8) is 0 Å². The summed E-state index contributed by atoms with van der Waals surface area (Å²) in [6, 6.07) is 65.5. The smallest absolute Gasteiger partial charge is 0.407 e. The summed E-state index contributed by atoms with van der Waals surface area (Å²) in [6.07, 6.45) is 2.96. The number of nitrogens with one attached hydrogen (secondary N) is 2. The first kappa shape index (κ1) is 119. The number of hydrogen-bond acceptors (Lipinski definition) is 32. The number of amides is 2. The summed E-state index contributed by atoms with van der Waals surface area (Å²) in [7, 11) is 3.89. The first-order valence-electron chi connectivity index (χ1n) is 49.9. The molecule has 2 amide bonds. The second kappa shape index (κ2) is 67.9. The van der Waals surface area contributed by atoms with Crippen LogP contribution in [0.3, 0.4) is 0 Å². The Morgan fingerprint density at radius 2 is 0.541 bits per heavy atom. The summed E-state index contributed by atoms with van der Waals surface area (Å²) < 4.78 is 104. The number of carbonyl (C=O) groups excluding carboxylic acids is 11. The number of esters is 7. The zero-order valence-electron chi connectivity index (χ0n) is 85.4. The summed E-state index contributed by atoms with van der Waals surface area (Å²) in [5.74, 6) is -4.99. The highest BCUT2D eigenvalue weighted by molar-refractivity contribution is 5.86. The van der Waals surface area contributed by atoms with Crippen molar-refractivity contribution in [3.8, 4) is 44.5 Å². The van der Waals surface area contributed by atoms with Crippen molar-refractivity contribution in [1.29, 1.82) is 0 Å². The van der Waals surface area contributed by atoms with Crippen LogP contribution in [-0.4, -0.2) is 301 Å². The van der Waals surface area contributed by atoms with Crippen LogP contribution in [0.15, 0.2) is 194 Å². The predicted octanol–water partition coefficient (Wildman–Crippen LogP) is 13.9. The van der Waals surface area contributed by atoms with E-state index >= 15 is 0 Å². The standard InChI is InChI=1S/C39H53NO12.C29H37NO9.C23H26O6.C22H24O6/c1-39(2,3)52-38(45)28(24-36(43)51-26-34-32-13-7-5-11-30(32)31-12-6-8-14-33(31)34)15-16-35(42)40-17-19-48-21-22-49-25-29(41)10-9-18-47-20-23-50-27-37(44)46-4;1-34-28(32)21-38-18-15-35-13-6-7-22(31)19-37-17-16-36-14-12-30-29(33)39-20-27-25-10-4-2-8-23(25)24-9-3-5-11-26(24)27;1-26-23(25)16-28-14-13-27-12-6-11-22(24)29-15-21-19-9-4-2-7-17(19)18-8-3-5-10-20(18)21;23-21(24)15-27-13-12-26-11-5-10-22(25)28-14-20-18-8-3-1-6-16(18)17-7-2-4-9-19(17)20/h5-8,11-14,28,34H,9-10,15-27H2,1-4H3,(H,40,42);2-5,8-11,27H,6-7,12-21H2,1H3,(H,30,33);2-5,7-10,21H,6,11-16H2,1H3;1-4,6-9,20H,5,10-15H2,(H,23,24)/t28-;;;/m1.../s1. The number of hydrogen-bond donors (Lipinski definition) is 3. The predicted molar refractivity (Wildman–Crippen MR) is 544 cm³/mol. The van der Waals surface area contributed by atoms with E-state index in [4.69, 9.17) is 85.6 Å². The normalized spacial score (nSPS) is 12.4. The largest absolute Gasteiger partial charge is 0.480 e. The number of methoxy groups -OCH3 is 3. The van der Waals surface area contributed by atoms with Gasteiger partial charge in [0.25, 0.3) is 0 Å². The highest BCUT2D eigenvalue weighted by atomic mass is 16.6. The van der Waals surface area contributed by atoms with Gasteiger partial charge in [0.2, 0.25) is 5.91 Å². The van der Waals surface area contributed by atoms with Gasteiger partial charge < -0.3 is 110 Å². The Hall–Kier alpha value is -12.9. The van der Waals surface area contributed by atoms with E-state index in [0.29, 0.717) is 137 Å². The van der Waals surface area contributed by atoms with Gasteiger partial charge in [-0.05, 0) is 142 Å². The van der Waals surface area contributed by atoms with Crippen molar-refractivity contribution in [2.24, 2.45) is 5.92 Å². The zero-order valence-corrected chi connectivity index (χ0v) is 85.4. The fraction of sp³-hybridized carbons (Fsp3) is 0.469. The van der Waals surface area contributed by atoms with E-state index in [9.17, 15) is 57.5 Å². The Labute approximate surface area is 864 Å². The molecule has 800 valence electrons. The SMILES string of the molecule is COC(=O)COCCOCCCC(=O)COCCOCCNC(=O)CC[C@H](CC(=O)OCC1c2ccccc2-c2ccccc21)C(=O)OC(C)(C)C.COC(=O)COCCOCCCC(=O)COCCOCCNC(=O)OCC1c2ccccc2-c2ccccc21.COC(=O)COCCOCCCC(=O)OCC1c2ccccc2-c2ccccc21.O=C(O)COCCOCCCC(=O)OCC1c2ccccc2-c2ccccc21. The molecule has 0 aliphatic heterocycles. The fourth-order valence-electron chi connectivity index (χ4n) is 16.5. The molecule has 0 saturated heterocycles. The minimum absolute atomic E-state index is 0.0139. The molecular weight excluding hydrogens is 1910 g/mol. The third kappa shape index (κ3) is 42.8. The first-order valence-corrected chi connectivity index (χ1v) is 49.9. The Bertz CT molecular complexity index is 5280. The summed E-state index contributed by atoms with van der Waals surface area (Å²) in [4.78, 5) is 142. The van der Waals surface area contributed by atoms with Gasteiger partial charge in [-0.15, -0.1) is 0 Å². The van der Waals surface area contributed by atoms with E-state index in [-0.39, 0.29) is 184 Å². The van der Waals surface area contributed by atoms with Gasteiger partial charge in [0.05, 0.1) is 126 Å². The molecule has 8 aromatic rings. The second-order valence-electron chi connectivity index (χ2n) is 35.4. The van der Waals surface area contributed by atoms with Crippen LogP contribution in [0.1, 0.15) is 160 Å². The van der Waals surface area contributed by atoms with Crippen molar-refractivity contribution >= 4 is 71.3 Å². The lowest BCUT2D eigenvalue weighted by Gasteiger charge is -2.24. The van der Waals surface area contributed by atoms with E-state index in [2.05, 4.69) is 110 Å². The Morgan fingerprint density at radius 1 is 0.284 bits per heavy atom. The summed E-state index contributed by atoms with van der Waals surface area (Å²) in [5.41, 5.74) is 18.0. The minimum Gasteiger partial charge on any atom is -0.480 e. The molecule has 0 fully saturated rings. The summed E-state index contributed by atoms with van der Waals surface area (Å²) in [5, 5.41) is 13.9. The third-order valence-electron chi connectivity index (χ3n) is 23.6. The molecule has 1 atom stereocenters.